The number of piperidine rings is 1. The van der Waals surface area contributed by atoms with E-state index < -0.39 is 18.4 Å². The Hall–Kier alpha value is -1.45. The highest BCUT2D eigenvalue weighted by atomic mass is 19.3. The van der Waals surface area contributed by atoms with Gasteiger partial charge in [0.05, 0.1) is 6.54 Å². The number of hydrogen-bond donors (Lipinski definition) is 0. The van der Waals surface area contributed by atoms with Gasteiger partial charge in [-0.15, -0.1) is 0 Å². The number of rotatable bonds is 1. The topological polar surface area (TPSA) is 20.3 Å². The molecule has 19 heavy (non-hydrogen) atoms. The van der Waals surface area contributed by atoms with E-state index in [1.165, 1.54) is 11.8 Å². The van der Waals surface area contributed by atoms with Gasteiger partial charge in [-0.05, 0) is 43.5 Å². The zero-order valence-corrected chi connectivity index (χ0v) is 11.5. The molecule has 0 aliphatic carbocycles. The molecule has 1 aromatic carbocycles. The highest BCUT2D eigenvalue weighted by Crippen LogP contribution is 2.32. The molecule has 1 saturated heterocycles. The van der Waals surface area contributed by atoms with Gasteiger partial charge < -0.3 is 4.90 Å². The van der Waals surface area contributed by atoms with Crippen LogP contribution >= 0.6 is 0 Å². The number of nitrogens with zero attached hydrogens (tertiary/aromatic N) is 1. The lowest BCUT2D eigenvalue weighted by Gasteiger charge is -2.36. The molecule has 1 amide bonds. The van der Waals surface area contributed by atoms with Crippen molar-refractivity contribution in [2.24, 2.45) is 5.92 Å². The monoisotopic (exact) mass is 267 g/mol. The summed E-state index contributed by atoms with van der Waals surface area (Å²) < 4.78 is 27.3. The predicted octanol–water partition coefficient (Wildman–Crippen LogP) is 3.42. The molecular weight excluding hydrogens is 248 g/mol. The molecular formula is C15H19F2NO. The fourth-order valence-electron chi connectivity index (χ4n) is 2.28. The first-order valence-electron chi connectivity index (χ1n) is 6.55. The van der Waals surface area contributed by atoms with Crippen molar-refractivity contribution in [3.63, 3.8) is 0 Å². The molecule has 2 nitrogen and oxygen atoms in total. The molecule has 0 N–H and O–H groups in total. The first-order chi connectivity index (χ1) is 8.81. The Morgan fingerprint density at radius 2 is 2.00 bits per heavy atom. The van der Waals surface area contributed by atoms with Gasteiger partial charge in [0.1, 0.15) is 0 Å². The molecule has 1 fully saturated rings. The van der Waals surface area contributed by atoms with E-state index in [-0.39, 0.29) is 5.91 Å². The normalized spacial score (nSPS) is 22.4. The lowest BCUT2D eigenvalue weighted by molar-refractivity contribution is -0.0957. The second kappa shape index (κ2) is 4.91. The largest absolute Gasteiger partial charge is 0.333 e. The maximum Gasteiger partial charge on any atom is 0.267 e. The van der Waals surface area contributed by atoms with Gasteiger partial charge in [0.25, 0.3) is 11.8 Å². The standard InChI is InChI=1S/C15H19F2NO/c1-10-4-5-13(8-11(10)2)14(19)18-7-6-12(3)15(16,17)9-18/h4-5,8,12H,6-7,9H2,1-3H3. The summed E-state index contributed by atoms with van der Waals surface area (Å²) in [5.74, 6) is -3.74. The number of amides is 1. The van der Waals surface area contributed by atoms with E-state index >= 15 is 0 Å². The zero-order valence-electron chi connectivity index (χ0n) is 11.5. The molecule has 1 aromatic rings. The maximum absolute atomic E-state index is 13.7. The average molecular weight is 267 g/mol. The van der Waals surface area contributed by atoms with E-state index in [4.69, 9.17) is 0 Å². The van der Waals surface area contributed by atoms with Crippen molar-refractivity contribution in [3.05, 3.63) is 34.9 Å². The van der Waals surface area contributed by atoms with Crippen molar-refractivity contribution in [1.82, 2.24) is 4.90 Å². The van der Waals surface area contributed by atoms with Gasteiger partial charge in [0.2, 0.25) is 0 Å². The van der Waals surface area contributed by atoms with E-state index in [0.717, 1.165) is 11.1 Å². The molecule has 0 spiro atoms. The Morgan fingerprint density at radius 1 is 1.32 bits per heavy atom. The van der Waals surface area contributed by atoms with E-state index in [2.05, 4.69) is 0 Å². The van der Waals surface area contributed by atoms with E-state index in [1.54, 1.807) is 12.1 Å². The number of benzene rings is 1. The summed E-state index contributed by atoms with van der Waals surface area (Å²) in [5.41, 5.74) is 2.59. The highest BCUT2D eigenvalue weighted by Gasteiger charge is 2.43. The third-order valence-corrected chi connectivity index (χ3v) is 4.00. The Morgan fingerprint density at radius 3 is 2.58 bits per heavy atom. The SMILES string of the molecule is Cc1ccc(C(=O)N2CCC(C)C(F)(F)C2)cc1C. The van der Waals surface area contributed by atoms with Gasteiger partial charge in [-0.1, -0.05) is 13.0 Å². The minimum absolute atomic E-state index is 0.297. The smallest absolute Gasteiger partial charge is 0.267 e. The van der Waals surface area contributed by atoms with Crippen LogP contribution in [0.4, 0.5) is 8.78 Å². The molecule has 4 heteroatoms. The Balaban J connectivity index is 2.18. The molecule has 1 heterocycles. The number of halogens is 2. The molecule has 2 rings (SSSR count). The van der Waals surface area contributed by atoms with Gasteiger partial charge in [0.15, 0.2) is 0 Å². The number of likely N-dealkylation sites (tertiary alicyclic amines) is 1. The van der Waals surface area contributed by atoms with Gasteiger partial charge in [-0.25, -0.2) is 8.78 Å². The summed E-state index contributed by atoms with van der Waals surface area (Å²) in [5, 5.41) is 0. The third kappa shape index (κ3) is 2.77. The number of alkyl halides is 2. The van der Waals surface area contributed by atoms with Crippen LogP contribution in [0.2, 0.25) is 0 Å². The Kier molecular flexibility index (Phi) is 3.61. The summed E-state index contributed by atoms with van der Waals surface area (Å²) >= 11 is 0. The molecule has 1 aliphatic rings. The lowest BCUT2D eigenvalue weighted by Crippen LogP contribution is -2.49. The van der Waals surface area contributed by atoms with Gasteiger partial charge in [-0.3, -0.25) is 4.79 Å². The minimum Gasteiger partial charge on any atom is -0.333 e. The minimum atomic E-state index is -2.78. The molecule has 0 radical (unpaired) electrons. The summed E-state index contributed by atoms with van der Waals surface area (Å²) in [6.45, 7) is 5.35. The van der Waals surface area contributed by atoms with Crippen LogP contribution in [-0.2, 0) is 0 Å². The summed E-state index contributed by atoms with van der Waals surface area (Å²) in [6, 6.07) is 5.34. The van der Waals surface area contributed by atoms with Crippen LogP contribution in [0.15, 0.2) is 18.2 Å². The molecule has 1 aliphatic heterocycles. The van der Waals surface area contributed by atoms with Crippen LogP contribution in [0.5, 0.6) is 0 Å². The second-order valence-electron chi connectivity index (χ2n) is 5.48. The van der Waals surface area contributed by atoms with Crippen LogP contribution in [0.1, 0.15) is 34.8 Å². The fourth-order valence-corrected chi connectivity index (χ4v) is 2.28. The molecule has 1 atom stereocenters. The first kappa shape index (κ1) is 14.0. The number of carbonyl (C=O) groups excluding carboxylic acids is 1. The van der Waals surface area contributed by atoms with Gasteiger partial charge in [0, 0.05) is 18.0 Å². The van der Waals surface area contributed by atoms with Crippen LogP contribution in [0.25, 0.3) is 0 Å². The molecule has 0 bridgehead atoms. The van der Waals surface area contributed by atoms with Crippen molar-refractivity contribution in [2.45, 2.75) is 33.1 Å². The van der Waals surface area contributed by atoms with E-state index in [9.17, 15) is 13.6 Å². The predicted molar refractivity (Wildman–Crippen MR) is 70.5 cm³/mol. The van der Waals surface area contributed by atoms with Crippen molar-refractivity contribution < 1.29 is 13.6 Å². The van der Waals surface area contributed by atoms with Gasteiger partial charge in [-0.2, -0.15) is 0 Å². The van der Waals surface area contributed by atoms with Crippen molar-refractivity contribution >= 4 is 5.91 Å². The highest BCUT2D eigenvalue weighted by molar-refractivity contribution is 5.94. The molecule has 104 valence electrons. The van der Waals surface area contributed by atoms with Gasteiger partial charge >= 0.3 is 0 Å². The lowest BCUT2D eigenvalue weighted by atomic mass is 9.94. The van der Waals surface area contributed by atoms with Crippen LogP contribution in [-0.4, -0.2) is 29.8 Å². The fraction of sp³-hybridized carbons (Fsp3) is 0.533. The molecule has 1 unspecified atom stereocenters. The van der Waals surface area contributed by atoms with Crippen molar-refractivity contribution in [1.29, 1.82) is 0 Å². The van der Waals surface area contributed by atoms with Crippen LogP contribution in [0, 0.1) is 19.8 Å². The number of hydrogen-bond acceptors (Lipinski definition) is 1. The van der Waals surface area contributed by atoms with Crippen molar-refractivity contribution in [3.8, 4) is 0 Å². The first-order valence-corrected chi connectivity index (χ1v) is 6.55. The maximum atomic E-state index is 13.7. The average Bonchev–Trinajstić information content (AvgIpc) is 2.35. The summed E-state index contributed by atoms with van der Waals surface area (Å²) in [7, 11) is 0. The van der Waals surface area contributed by atoms with Crippen LogP contribution in [0.3, 0.4) is 0 Å². The summed E-state index contributed by atoms with van der Waals surface area (Å²) in [4.78, 5) is 13.5. The van der Waals surface area contributed by atoms with E-state index in [0.29, 0.717) is 18.5 Å². The van der Waals surface area contributed by atoms with E-state index in [1.807, 2.05) is 19.9 Å². The molecule has 0 saturated carbocycles. The Labute approximate surface area is 112 Å². The number of aryl methyl sites for hydroxylation is 2. The van der Waals surface area contributed by atoms with Crippen molar-refractivity contribution in [2.75, 3.05) is 13.1 Å². The summed E-state index contributed by atoms with van der Waals surface area (Å²) in [6.07, 6.45) is 0.351. The third-order valence-electron chi connectivity index (χ3n) is 4.00. The second-order valence-corrected chi connectivity index (χ2v) is 5.48. The zero-order chi connectivity index (χ0) is 14.2. The Bertz CT molecular complexity index is 499. The quantitative estimate of drug-likeness (QED) is 0.763. The van der Waals surface area contributed by atoms with Crippen LogP contribution < -0.4 is 0 Å². The molecule has 0 aromatic heterocycles. The number of carbonyl (C=O) groups is 1.